The third-order valence-corrected chi connectivity index (χ3v) is 6.06. The van der Waals surface area contributed by atoms with Crippen LogP contribution < -0.4 is 10.2 Å². The number of amides is 3. The van der Waals surface area contributed by atoms with Crippen LogP contribution in [-0.2, 0) is 14.4 Å². The molecule has 1 aliphatic heterocycles. The standard InChI is InChI=1S/C22H17ClN2O3S/c23-16-6-3-7-18(11-16)25-21(27)12-19(22(25)28)29-13-20(26)24-17-9-8-14-4-1-2-5-15(14)10-17/h1-11,19H,12-13H2,(H,24,26)/t19-/m0/s1. The molecule has 4 rings (SSSR count). The van der Waals surface area contributed by atoms with Crippen molar-refractivity contribution in [2.24, 2.45) is 0 Å². The van der Waals surface area contributed by atoms with E-state index in [0.29, 0.717) is 16.4 Å². The van der Waals surface area contributed by atoms with E-state index in [2.05, 4.69) is 5.32 Å². The van der Waals surface area contributed by atoms with Gasteiger partial charge in [0.25, 0.3) is 0 Å². The second kappa shape index (κ2) is 8.27. The van der Waals surface area contributed by atoms with Crippen LogP contribution in [0, 0.1) is 0 Å². The second-order valence-electron chi connectivity index (χ2n) is 6.66. The van der Waals surface area contributed by atoms with Crippen LogP contribution in [0.3, 0.4) is 0 Å². The van der Waals surface area contributed by atoms with Crippen molar-refractivity contribution >= 4 is 63.2 Å². The molecule has 1 aliphatic rings. The molecule has 7 heteroatoms. The summed E-state index contributed by atoms with van der Waals surface area (Å²) in [6.07, 6.45) is 0.0687. The molecule has 0 bridgehead atoms. The van der Waals surface area contributed by atoms with Gasteiger partial charge in [-0.3, -0.25) is 14.4 Å². The number of nitrogens with zero attached hydrogens (tertiary/aromatic N) is 1. The first-order valence-electron chi connectivity index (χ1n) is 9.04. The number of thioether (sulfide) groups is 1. The lowest BCUT2D eigenvalue weighted by atomic mass is 10.1. The average molecular weight is 425 g/mol. The van der Waals surface area contributed by atoms with E-state index in [0.717, 1.165) is 15.7 Å². The molecule has 5 nitrogen and oxygen atoms in total. The van der Waals surface area contributed by atoms with Gasteiger partial charge in [-0.2, -0.15) is 0 Å². The van der Waals surface area contributed by atoms with Gasteiger partial charge in [-0.1, -0.05) is 48.0 Å². The number of hydrogen-bond donors (Lipinski definition) is 1. The van der Waals surface area contributed by atoms with Gasteiger partial charge in [-0.25, -0.2) is 4.90 Å². The monoisotopic (exact) mass is 424 g/mol. The van der Waals surface area contributed by atoms with E-state index in [1.54, 1.807) is 24.3 Å². The van der Waals surface area contributed by atoms with E-state index in [1.165, 1.54) is 11.8 Å². The molecule has 0 unspecified atom stereocenters. The molecular weight excluding hydrogens is 408 g/mol. The quantitative estimate of drug-likeness (QED) is 0.612. The summed E-state index contributed by atoms with van der Waals surface area (Å²) in [4.78, 5) is 38.4. The van der Waals surface area contributed by atoms with Crippen LogP contribution in [0.1, 0.15) is 6.42 Å². The van der Waals surface area contributed by atoms with E-state index in [9.17, 15) is 14.4 Å². The SMILES string of the molecule is O=C(CS[C@H]1CC(=O)N(c2cccc(Cl)c2)C1=O)Nc1ccc2ccccc2c1. The summed E-state index contributed by atoms with van der Waals surface area (Å²) in [6.45, 7) is 0. The zero-order valence-corrected chi connectivity index (χ0v) is 16.9. The Bertz CT molecular complexity index is 1120. The highest BCUT2D eigenvalue weighted by Crippen LogP contribution is 2.31. The van der Waals surface area contributed by atoms with E-state index in [4.69, 9.17) is 11.6 Å². The lowest BCUT2D eigenvalue weighted by molar-refractivity contribution is -0.121. The van der Waals surface area contributed by atoms with Crippen molar-refractivity contribution < 1.29 is 14.4 Å². The summed E-state index contributed by atoms with van der Waals surface area (Å²) in [5, 5.41) is 4.85. The Morgan fingerprint density at radius 1 is 1.03 bits per heavy atom. The molecule has 1 saturated heterocycles. The van der Waals surface area contributed by atoms with E-state index in [-0.39, 0.29) is 29.9 Å². The molecule has 1 heterocycles. The Labute approximate surface area is 177 Å². The Hall–Kier alpha value is -2.83. The fourth-order valence-corrected chi connectivity index (χ4v) is 4.38. The summed E-state index contributed by atoms with van der Waals surface area (Å²) < 4.78 is 0. The molecule has 0 spiro atoms. The predicted molar refractivity (Wildman–Crippen MR) is 117 cm³/mol. The number of nitrogens with one attached hydrogen (secondary N) is 1. The highest BCUT2D eigenvalue weighted by molar-refractivity contribution is 8.01. The van der Waals surface area contributed by atoms with Crippen LogP contribution in [0.5, 0.6) is 0 Å². The number of benzene rings is 3. The zero-order valence-electron chi connectivity index (χ0n) is 15.3. The number of hydrogen-bond acceptors (Lipinski definition) is 4. The van der Waals surface area contributed by atoms with Crippen molar-refractivity contribution in [1.82, 2.24) is 0 Å². The van der Waals surface area contributed by atoms with Crippen molar-refractivity contribution in [2.45, 2.75) is 11.7 Å². The minimum absolute atomic E-state index is 0.0687. The summed E-state index contributed by atoms with van der Waals surface area (Å²) >= 11 is 7.14. The molecule has 1 fully saturated rings. The van der Waals surface area contributed by atoms with Crippen molar-refractivity contribution in [2.75, 3.05) is 16.0 Å². The largest absolute Gasteiger partial charge is 0.325 e. The maximum atomic E-state index is 12.7. The Morgan fingerprint density at radius 3 is 2.62 bits per heavy atom. The van der Waals surface area contributed by atoms with Gasteiger partial charge in [0.1, 0.15) is 0 Å². The fraction of sp³-hybridized carbons (Fsp3) is 0.136. The number of carbonyl (C=O) groups is 3. The van der Waals surface area contributed by atoms with Gasteiger partial charge in [0.05, 0.1) is 16.7 Å². The summed E-state index contributed by atoms with van der Waals surface area (Å²) in [6, 6.07) is 20.2. The highest BCUT2D eigenvalue weighted by atomic mass is 35.5. The first-order chi connectivity index (χ1) is 14.0. The van der Waals surface area contributed by atoms with Crippen LogP contribution in [0.4, 0.5) is 11.4 Å². The summed E-state index contributed by atoms with van der Waals surface area (Å²) in [5.41, 5.74) is 1.15. The molecular formula is C22H17ClN2O3S. The Balaban J connectivity index is 1.37. The van der Waals surface area contributed by atoms with Crippen LogP contribution in [0.15, 0.2) is 66.7 Å². The van der Waals surface area contributed by atoms with Crippen molar-refractivity contribution in [3.63, 3.8) is 0 Å². The lowest BCUT2D eigenvalue weighted by Crippen LogP contribution is -2.31. The smallest absolute Gasteiger partial charge is 0.247 e. The van der Waals surface area contributed by atoms with E-state index >= 15 is 0 Å². The minimum Gasteiger partial charge on any atom is -0.325 e. The van der Waals surface area contributed by atoms with E-state index < -0.39 is 5.25 Å². The molecule has 3 amide bonds. The number of fused-ring (bicyclic) bond motifs is 1. The van der Waals surface area contributed by atoms with Gasteiger partial charge >= 0.3 is 0 Å². The van der Waals surface area contributed by atoms with Crippen molar-refractivity contribution in [1.29, 1.82) is 0 Å². The van der Waals surface area contributed by atoms with Crippen molar-refractivity contribution in [3.8, 4) is 0 Å². The third kappa shape index (κ3) is 4.28. The number of imide groups is 1. The number of carbonyl (C=O) groups excluding carboxylic acids is 3. The van der Waals surface area contributed by atoms with Crippen molar-refractivity contribution in [3.05, 3.63) is 71.8 Å². The van der Waals surface area contributed by atoms with Crippen LogP contribution >= 0.6 is 23.4 Å². The van der Waals surface area contributed by atoms with Crippen LogP contribution in [0.25, 0.3) is 10.8 Å². The molecule has 0 saturated carbocycles. The molecule has 146 valence electrons. The first kappa shape index (κ1) is 19.5. The molecule has 0 radical (unpaired) electrons. The van der Waals surface area contributed by atoms with Gasteiger partial charge in [-0.05, 0) is 41.1 Å². The third-order valence-electron chi connectivity index (χ3n) is 4.62. The van der Waals surface area contributed by atoms with Gasteiger partial charge in [0, 0.05) is 17.1 Å². The molecule has 29 heavy (non-hydrogen) atoms. The van der Waals surface area contributed by atoms with Gasteiger partial charge in [0.2, 0.25) is 17.7 Å². The topological polar surface area (TPSA) is 66.5 Å². The minimum atomic E-state index is -0.580. The van der Waals surface area contributed by atoms with Crippen LogP contribution in [-0.4, -0.2) is 28.7 Å². The second-order valence-corrected chi connectivity index (χ2v) is 8.29. The fourth-order valence-electron chi connectivity index (χ4n) is 3.26. The summed E-state index contributed by atoms with van der Waals surface area (Å²) in [7, 11) is 0. The average Bonchev–Trinajstić information content (AvgIpc) is 2.99. The maximum Gasteiger partial charge on any atom is 0.247 e. The number of halogens is 1. The highest BCUT2D eigenvalue weighted by Gasteiger charge is 2.40. The molecule has 1 atom stereocenters. The summed E-state index contributed by atoms with van der Waals surface area (Å²) in [5.74, 6) is -0.739. The first-order valence-corrected chi connectivity index (χ1v) is 10.5. The van der Waals surface area contributed by atoms with Crippen LogP contribution in [0.2, 0.25) is 5.02 Å². The van der Waals surface area contributed by atoms with Gasteiger partial charge in [-0.15, -0.1) is 11.8 Å². The van der Waals surface area contributed by atoms with Gasteiger partial charge < -0.3 is 5.32 Å². The zero-order chi connectivity index (χ0) is 20.4. The predicted octanol–water partition coefficient (Wildman–Crippen LogP) is 4.50. The Morgan fingerprint density at radius 2 is 1.83 bits per heavy atom. The normalized spacial score (nSPS) is 16.4. The van der Waals surface area contributed by atoms with E-state index in [1.807, 2.05) is 42.5 Å². The molecule has 3 aromatic carbocycles. The maximum absolute atomic E-state index is 12.7. The number of rotatable bonds is 5. The Kier molecular flexibility index (Phi) is 5.56. The molecule has 0 aliphatic carbocycles. The molecule has 1 N–H and O–H groups in total. The number of anilines is 2. The lowest BCUT2D eigenvalue weighted by Gasteiger charge is -2.15. The van der Waals surface area contributed by atoms with Gasteiger partial charge in [0.15, 0.2) is 0 Å². The molecule has 0 aromatic heterocycles. The molecule has 3 aromatic rings.